The lowest BCUT2D eigenvalue weighted by Gasteiger charge is -2.10. The van der Waals surface area contributed by atoms with Gasteiger partial charge in [0, 0.05) is 16.5 Å². The van der Waals surface area contributed by atoms with E-state index in [1.54, 1.807) is 6.07 Å². The zero-order valence-electron chi connectivity index (χ0n) is 9.09. The normalized spacial score (nSPS) is 13.1. The fraction of sp³-hybridized carbons (Fsp3) is 0.250. The number of benzene rings is 1. The number of pyridine rings is 1. The fourth-order valence-corrected chi connectivity index (χ4v) is 2.21. The maximum Gasteiger partial charge on any atom is 0.0895 e. The summed E-state index contributed by atoms with van der Waals surface area (Å²) in [6.07, 6.45) is 0. The smallest absolute Gasteiger partial charge is 0.0895 e. The molecule has 0 saturated heterocycles. The topological polar surface area (TPSA) is 38.9 Å². The molecule has 0 saturated carbocycles. The summed E-state index contributed by atoms with van der Waals surface area (Å²) in [6.45, 7) is 3.90. The summed E-state index contributed by atoms with van der Waals surface area (Å²) < 4.78 is 0. The quantitative estimate of drug-likeness (QED) is 0.840. The molecule has 1 aromatic heterocycles. The molecule has 0 amide bonds. The molecule has 0 aliphatic carbocycles. The molecule has 0 spiro atoms. The third-order valence-electron chi connectivity index (χ3n) is 2.52. The second kappa shape index (κ2) is 4.21. The molecular formula is C12H12Cl2N2. The van der Waals surface area contributed by atoms with Gasteiger partial charge < -0.3 is 5.73 Å². The van der Waals surface area contributed by atoms with E-state index in [-0.39, 0.29) is 6.04 Å². The van der Waals surface area contributed by atoms with Crippen LogP contribution in [0.2, 0.25) is 10.0 Å². The molecule has 1 aromatic carbocycles. The van der Waals surface area contributed by atoms with Gasteiger partial charge >= 0.3 is 0 Å². The zero-order chi connectivity index (χ0) is 11.9. The third kappa shape index (κ3) is 2.01. The molecule has 2 nitrogen and oxygen atoms in total. The summed E-state index contributed by atoms with van der Waals surface area (Å²) in [5.74, 6) is 0. The monoisotopic (exact) mass is 254 g/mol. The van der Waals surface area contributed by atoms with E-state index >= 15 is 0 Å². The zero-order valence-corrected chi connectivity index (χ0v) is 10.6. The summed E-state index contributed by atoms with van der Waals surface area (Å²) in [6, 6.07) is 5.44. The Morgan fingerprint density at radius 1 is 1.25 bits per heavy atom. The molecule has 1 unspecified atom stereocenters. The Labute approximate surface area is 104 Å². The second-order valence-electron chi connectivity index (χ2n) is 3.94. The van der Waals surface area contributed by atoms with Crippen LogP contribution in [0.25, 0.3) is 10.9 Å². The molecular weight excluding hydrogens is 243 g/mol. The van der Waals surface area contributed by atoms with Crippen molar-refractivity contribution in [3.63, 3.8) is 0 Å². The van der Waals surface area contributed by atoms with Gasteiger partial charge in [-0.1, -0.05) is 23.2 Å². The number of aromatic nitrogens is 1. The van der Waals surface area contributed by atoms with Crippen LogP contribution in [-0.2, 0) is 0 Å². The molecule has 0 fully saturated rings. The molecule has 1 heterocycles. The third-order valence-corrected chi connectivity index (χ3v) is 3.03. The molecule has 0 radical (unpaired) electrons. The van der Waals surface area contributed by atoms with E-state index in [2.05, 4.69) is 4.98 Å². The Bertz CT molecular complexity index is 550. The van der Waals surface area contributed by atoms with Crippen LogP contribution in [0.3, 0.4) is 0 Å². The lowest BCUT2D eigenvalue weighted by atomic mass is 10.1. The van der Waals surface area contributed by atoms with Gasteiger partial charge in [0.1, 0.15) is 0 Å². The van der Waals surface area contributed by atoms with Gasteiger partial charge in [0.15, 0.2) is 0 Å². The van der Waals surface area contributed by atoms with Gasteiger partial charge in [-0.25, -0.2) is 4.98 Å². The van der Waals surface area contributed by atoms with Crippen molar-refractivity contribution in [2.75, 3.05) is 0 Å². The molecule has 4 heteroatoms. The number of fused-ring (bicyclic) bond motifs is 1. The van der Waals surface area contributed by atoms with E-state index in [1.807, 2.05) is 26.0 Å². The van der Waals surface area contributed by atoms with Gasteiger partial charge in [-0.2, -0.15) is 0 Å². The standard InChI is InChI=1S/C12H12Cl2N2/c1-6-3-11(7(2)15)16-12-9(6)4-8(13)5-10(12)14/h3-5,7H,15H2,1-2H3. The van der Waals surface area contributed by atoms with Gasteiger partial charge in [-0.3, -0.25) is 0 Å². The first-order valence-electron chi connectivity index (χ1n) is 5.01. The number of rotatable bonds is 1. The van der Waals surface area contributed by atoms with Gasteiger partial charge in [0.05, 0.1) is 16.2 Å². The largest absolute Gasteiger partial charge is 0.323 e. The lowest BCUT2D eigenvalue weighted by Crippen LogP contribution is -2.07. The highest BCUT2D eigenvalue weighted by atomic mass is 35.5. The van der Waals surface area contributed by atoms with Crippen LogP contribution in [0, 0.1) is 6.92 Å². The minimum Gasteiger partial charge on any atom is -0.323 e. The maximum absolute atomic E-state index is 6.12. The first kappa shape index (κ1) is 11.6. The van der Waals surface area contributed by atoms with Gasteiger partial charge in [-0.05, 0) is 37.6 Å². The number of aryl methyl sites for hydroxylation is 1. The van der Waals surface area contributed by atoms with Crippen molar-refractivity contribution in [1.29, 1.82) is 0 Å². The molecule has 16 heavy (non-hydrogen) atoms. The Balaban J connectivity index is 2.82. The van der Waals surface area contributed by atoms with Crippen molar-refractivity contribution < 1.29 is 0 Å². The van der Waals surface area contributed by atoms with E-state index in [4.69, 9.17) is 28.9 Å². The molecule has 2 N–H and O–H groups in total. The van der Waals surface area contributed by atoms with Gasteiger partial charge in [-0.15, -0.1) is 0 Å². The van der Waals surface area contributed by atoms with Crippen LogP contribution < -0.4 is 5.73 Å². The van der Waals surface area contributed by atoms with E-state index in [0.717, 1.165) is 22.2 Å². The summed E-state index contributed by atoms with van der Waals surface area (Å²) in [7, 11) is 0. The predicted molar refractivity (Wildman–Crippen MR) is 69.1 cm³/mol. The first-order chi connectivity index (χ1) is 7.49. The lowest BCUT2D eigenvalue weighted by molar-refractivity contribution is 0.785. The highest BCUT2D eigenvalue weighted by Crippen LogP contribution is 2.29. The Morgan fingerprint density at radius 3 is 2.56 bits per heavy atom. The van der Waals surface area contributed by atoms with E-state index in [0.29, 0.717) is 10.0 Å². The Hall–Kier alpha value is -0.830. The van der Waals surface area contributed by atoms with Crippen molar-refractivity contribution in [3.8, 4) is 0 Å². The summed E-state index contributed by atoms with van der Waals surface area (Å²) in [5.41, 5.74) is 8.51. The van der Waals surface area contributed by atoms with Crippen molar-refractivity contribution in [1.82, 2.24) is 4.98 Å². The molecule has 0 aliphatic rings. The predicted octanol–water partition coefficient (Wildman–Crippen LogP) is 3.87. The second-order valence-corrected chi connectivity index (χ2v) is 4.78. The van der Waals surface area contributed by atoms with Crippen LogP contribution >= 0.6 is 23.2 Å². The molecule has 84 valence electrons. The van der Waals surface area contributed by atoms with Crippen LogP contribution in [0.5, 0.6) is 0 Å². The van der Waals surface area contributed by atoms with Gasteiger partial charge in [0.2, 0.25) is 0 Å². The van der Waals surface area contributed by atoms with E-state index in [1.165, 1.54) is 0 Å². The number of halogens is 2. The summed E-state index contributed by atoms with van der Waals surface area (Å²) >= 11 is 12.1. The molecule has 0 bridgehead atoms. The van der Waals surface area contributed by atoms with Crippen molar-refractivity contribution in [3.05, 3.63) is 39.5 Å². The molecule has 2 rings (SSSR count). The minimum atomic E-state index is -0.102. The van der Waals surface area contributed by atoms with E-state index in [9.17, 15) is 0 Å². The Morgan fingerprint density at radius 2 is 1.94 bits per heavy atom. The summed E-state index contributed by atoms with van der Waals surface area (Å²) in [5, 5.41) is 2.16. The van der Waals surface area contributed by atoms with Crippen LogP contribution in [0.4, 0.5) is 0 Å². The summed E-state index contributed by atoms with van der Waals surface area (Å²) in [4.78, 5) is 4.46. The van der Waals surface area contributed by atoms with Crippen LogP contribution in [-0.4, -0.2) is 4.98 Å². The molecule has 0 aliphatic heterocycles. The average molecular weight is 255 g/mol. The average Bonchev–Trinajstić information content (AvgIpc) is 2.19. The number of nitrogens with two attached hydrogens (primary N) is 1. The van der Waals surface area contributed by atoms with Crippen molar-refractivity contribution in [2.45, 2.75) is 19.9 Å². The maximum atomic E-state index is 6.12. The number of hydrogen-bond donors (Lipinski definition) is 1. The SMILES string of the molecule is Cc1cc(C(C)N)nc2c(Cl)cc(Cl)cc12. The van der Waals surface area contributed by atoms with Crippen LogP contribution in [0.15, 0.2) is 18.2 Å². The molecule has 1 atom stereocenters. The van der Waals surface area contributed by atoms with Gasteiger partial charge in [0.25, 0.3) is 0 Å². The number of hydrogen-bond acceptors (Lipinski definition) is 2. The highest BCUT2D eigenvalue weighted by molar-refractivity contribution is 6.38. The Kier molecular flexibility index (Phi) is 3.06. The minimum absolute atomic E-state index is 0.102. The molecule has 2 aromatic rings. The van der Waals surface area contributed by atoms with Crippen molar-refractivity contribution in [2.24, 2.45) is 5.73 Å². The van der Waals surface area contributed by atoms with Crippen molar-refractivity contribution >= 4 is 34.1 Å². The highest BCUT2D eigenvalue weighted by Gasteiger charge is 2.09. The van der Waals surface area contributed by atoms with Crippen LogP contribution in [0.1, 0.15) is 24.2 Å². The van der Waals surface area contributed by atoms with E-state index < -0.39 is 0 Å². The fourth-order valence-electron chi connectivity index (χ4n) is 1.67. The first-order valence-corrected chi connectivity index (χ1v) is 5.76. The number of nitrogens with zero attached hydrogens (tertiary/aromatic N) is 1.